The van der Waals surface area contributed by atoms with Crippen molar-refractivity contribution in [2.45, 2.75) is 13.1 Å². The number of ketones is 1. The van der Waals surface area contributed by atoms with Crippen LogP contribution in [0.25, 0.3) is 11.5 Å². The fraction of sp³-hybridized carbons (Fsp3) is 0.167. The lowest BCUT2D eigenvalue weighted by atomic mass is 10.1. The van der Waals surface area contributed by atoms with Gasteiger partial charge in [-0.2, -0.15) is 13.2 Å². The Morgan fingerprint density at radius 3 is 2.50 bits per heavy atom. The van der Waals surface area contributed by atoms with E-state index in [2.05, 4.69) is 4.98 Å². The first-order valence-corrected chi connectivity index (χ1v) is 5.02. The Labute approximate surface area is 100 Å². The standard InChI is InChI=1S/C12H8F3NO2/c1-7(17)10-6-18-11(16-10)8-4-2-3-5-9(8)12(13,14)15/h2-6H,1H3. The van der Waals surface area contributed by atoms with Crippen LogP contribution in [0.1, 0.15) is 23.0 Å². The normalized spacial score (nSPS) is 11.6. The lowest BCUT2D eigenvalue weighted by Crippen LogP contribution is -2.07. The monoisotopic (exact) mass is 255 g/mol. The van der Waals surface area contributed by atoms with E-state index in [9.17, 15) is 18.0 Å². The van der Waals surface area contributed by atoms with Crippen LogP contribution in [0, 0.1) is 0 Å². The van der Waals surface area contributed by atoms with Crippen LogP contribution in [-0.2, 0) is 6.18 Å². The molecule has 18 heavy (non-hydrogen) atoms. The average Bonchev–Trinajstić information content (AvgIpc) is 2.77. The number of Topliss-reactive ketones (excluding diaryl/α,β-unsaturated/α-hetero) is 1. The van der Waals surface area contributed by atoms with Gasteiger partial charge < -0.3 is 4.42 Å². The number of benzene rings is 1. The van der Waals surface area contributed by atoms with E-state index in [0.717, 1.165) is 12.3 Å². The number of alkyl halides is 3. The highest BCUT2D eigenvalue weighted by molar-refractivity contribution is 5.92. The number of carbonyl (C=O) groups excluding carboxylic acids is 1. The van der Waals surface area contributed by atoms with Gasteiger partial charge in [0.1, 0.15) is 12.0 Å². The second kappa shape index (κ2) is 4.29. The molecular weight excluding hydrogens is 247 g/mol. The number of carbonyl (C=O) groups is 1. The first-order valence-electron chi connectivity index (χ1n) is 5.02. The smallest absolute Gasteiger partial charge is 0.417 e. The Morgan fingerprint density at radius 2 is 1.94 bits per heavy atom. The van der Waals surface area contributed by atoms with Crippen LogP contribution in [0.4, 0.5) is 13.2 Å². The van der Waals surface area contributed by atoms with Crippen LogP contribution in [-0.4, -0.2) is 10.8 Å². The summed E-state index contributed by atoms with van der Waals surface area (Å²) in [5.41, 5.74) is -1.03. The third kappa shape index (κ3) is 2.27. The highest BCUT2D eigenvalue weighted by atomic mass is 19.4. The van der Waals surface area contributed by atoms with E-state index in [0.29, 0.717) is 0 Å². The Hall–Kier alpha value is -2.11. The minimum Gasteiger partial charge on any atom is -0.444 e. The van der Waals surface area contributed by atoms with Gasteiger partial charge >= 0.3 is 6.18 Å². The van der Waals surface area contributed by atoms with E-state index in [1.54, 1.807) is 0 Å². The predicted octanol–water partition coefficient (Wildman–Crippen LogP) is 3.56. The Bertz CT molecular complexity index is 587. The average molecular weight is 255 g/mol. The van der Waals surface area contributed by atoms with Gasteiger partial charge in [0.15, 0.2) is 5.78 Å². The highest BCUT2D eigenvalue weighted by Crippen LogP contribution is 2.36. The fourth-order valence-electron chi connectivity index (χ4n) is 1.48. The topological polar surface area (TPSA) is 43.1 Å². The quantitative estimate of drug-likeness (QED) is 0.770. The molecule has 0 aliphatic carbocycles. The van der Waals surface area contributed by atoms with Crippen molar-refractivity contribution in [1.82, 2.24) is 4.98 Å². The van der Waals surface area contributed by atoms with Crippen LogP contribution >= 0.6 is 0 Å². The largest absolute Gasteiger partial charge is 0.444 e. The van der Waals surface area contributed by atoms with Crippen molar-refractivity contribution in [3.8, 4) is 11.5 Å². The lowest BCUT2D eigenvalue weighted by molar-refractivity contribution is -0.137. The van der Waals surface area contributed by atoms with E-state index in [1.807, 2.05) is 0 Å². The molecule has 1 heterocycles. The fourth-order valence-corrected chi connectivity index (χ4v) is 1.48. The van der Waals surface area contributed by atoms with Gasteiger partial charge in [-0.1, -0.05) is 12.1 Å². The van der Waals surface area contributed by atoms with Gasteiger partial charge in [0, 0.05) is 12.5 Å². The van der Waals surface area contributed by atoms with Crippen LogP contribution in [0.5, 0.6) is 0 Å². The molecule has 0 amide bonds. The molecule has 6 heteroatoms. The van der Waals surface area contributed by atoms with Crippen molar-refractivity contribution in [3.05, 3.63) is 41.8 Å². The number of oxazole rings is 1. The third-order valence-corrected chi connectivity index (χ3v) is 2.33. The molecular formula is C12H8F3NO2. The third-order valence-electron chi connectivity index (χ3n) is 2.33. The zero-order valence-electron chi connectivity index (χ0n) is 9.28. The van der Waals surface area contributed by atoms with E-state index in [4.69, 9.17) is 4.42 Å². The lowest BCUT2D eigenvalue weighted by Gasteiger charge is -2.09. The summed E-state index contributed by atoms with van der Waals surface area (Å²) in [5, 5.41) is 0. The summed E-state index contributed by atoms with van der Waals surface area (Å²) in [6.45, 7) is 1.26. The van der Waals surface area contributed by atoms with E-state index in [-0.39, 0.29) is 22.9 Å². The molecule has 0 saturated heterocycles. The number of hydrogen-bond acceptors (Lipinski definition) is 3. The molecule has 2 rings (SSSR count). The summed E-state index contributed by atoms with van der Waals surface area (Å²) in [7, 11) is 0. The van der Waals surface area contributed by atoms with Gasteiger partial charge in [-0.15, -0.1) is 0 Å². The van der Waals surface area contributed by atoms with E-state index in [1.165, 1.54) is 25.1 Å². The van der Waals surface area contributed by atoms with Gasteiger partial charge in [0.05, 0.1) is 5.56 Å². The van der Waals surface area contributed by atoms with Crippen molar-refractivity contribution < 1.29 is 22.4 Å². The summed E-state index contributed by atoms with van der Waals surface area (Å²) in [5.74, 6) is -0.581. The number of aromatic nitrogens is 1. The molecule has 0 radical (unpaired) electrons. The predicted molar refractivity (Wildman–Crippen MR) is 56.9 cm³/mol. The Balaban J connectivity index is 2.53. The summed E-state index contributed by atoms with van der Waals surface area (Å²) < 4.78 is 43.2. The van der Waals surface area contributed by atoms with Crippen molar-refractivity contribution >= 4 is 5.78 Å². The molecule has 94 valence electrons. The maximum atomic E-state index is 12.8. The molecule has 0 fully saturated rings. The summed E-state index contributed by atoms with van der Waals surface area (Å²) in [6.07, 6.45) is -3.45. The molecule has 0 aliphatic heterocycles. The second-order valence-electron chi connectivity index (χ2n) is 3.64. The molecule has 0 aliphatic rings. The first kappa shape index (κ1) is 12.3. The zero-order valence-corrected chi connectivity index (χ0v) is 9.28. The van der Waals surface area contributed by atoms with Crippen molar-refractivity contribution in [2.24, 2.45) is 0 Å². The molecule has 0 atom stereocenters. The Morgan fingerprint density at radius 1 is 1.28 bits per heavy atom. The van der Waals surface area contributed by atoms with Crippen molar-refractivity contribution in [2.75, 3.05) is 0 Å². The van der Waals surface area contributed by atoms with Crippen molar-refractivity contribution in [3.63, 3.8) is 0 Å². The van der Waals surface area contributed by atoms with Crippen molar-refractivity contribution in [1.29, 1.82) is 0 Å². The first-order chi connectivity index (χ1) is 8.39. The van der Waals surface area contributed by atoms with E-state index >= 15 is 0 Å². The van der Waals surface area contributed by atoms with E-state index < -0.39 is 11.7 Å². The number of nitrogens with zero attached hydrogens (tertiary/aromatic N) is 1. The van der Waals surface area contributed by atoms with Crippen LogP contribution in [0.2, 0.25) is 0 Å². The Kier molecular flexibility index (Phi) is 2.94. The molecule has 1 aromatic heterocycles. The van der Waals surface area contributed by atoms with Crippen LogP contribution in [0.3, 0.4) is 0 Å². The minimum absolute atomic E-state index is 0.00183. The number of halogens is 3. The maximum absolute atomic E-state index is 12.8. The number of rotatable bonds is 2. The summed E-state index contributed by atoms with van der Waals surface area (Å²) in [6, 6.07) is 4.91. The minimum atomic E-state index is -4.50. The molecule has 1 aromatic carbocycles. The van der Waals surface area contributed by atoms with Gasteiger partial charge in [-0.05, 0) is 12.1 Å². The molecule has 2 aromatic rings. The summed E-state index contributed by atoms with van der Waals surface area (Å²) in [4.78, 5) is 14.8. The SMILES string of the molecule is CC(=O)c1coc(-c2ccccc2C(F)(F)F)n1. The molecule has 0 bridgehead atoms. The highest BCUT2D eigenvalue weighted by Gasteiger charge is 2.34. The molecule has 0 N–H and O–H groups in total. The van der Waals surface area contributed by atoms with Crippen LogP contribution in [0.15, 0.2) is 34.9 Å². The molecule has 0 spiro atoms. The van der Waals surface area contributed by atoms with Gasteiger partial charge in [-0.3, -0.25) is 4.79 Å². The molecule has 0 unspecified atom stereocenters. The van der Waals surface area contributed by atoms with Crippen LogP contribution < -0.4 is 0 Å². The van der Waals surface area contributed by atoms with Gasteiger partial charge in [0.2, 0.25) is 5.89 Å². The maximum Gasteiger partial charge on any atom is 0.417 e. The zero-order chi connectivity index (χ0) is 13.3. The molecule has 3 nitrogen and oxygen atoms in total. The van der Waals surface area contributed by atoms with Gasteiger partial charge in [0.25, 0.3) is 0 Å². The second-order valence-corrected chi connectivity index (χ2v) is 3.64. The summed E-state index contributed by atoms with van der Waals surface area (Å²) >= 11 is 0. The van der Waals surface area contributed by atoms with Gasteiger partial charge in [-0.25, -0.2) is 4.98 Å². The number of hydrogen-bond donors (Lipinski definition) is 0. The molecule has 0 saturated carbocycles.